The number of rotatable bonds is 71. The topological polar surface area (TPSA) is 0 Å². The van der Waals surface area contributed by atoms with E-state index in [9.17, 15) is 0 Å². The lowest BCUT2D eigenvalue weighted by Crippen LogP contribution is -2.98. The highest BCUT2D eigenvalue weighted by Crippen LogP contribution is 2.55. The second-order valence-electron chi connectivity index (χ2n) is 41.2. The van der Waals surface area contributed by atoms with Crippen LogP contribution in [0.5, 0.6) is 0 Å². The van der Waals surface area contributed by atoms with Crippen LogP contribution in [0.25, 0.3) is 0 Å². The molecule has 440 valence electrons. The second kappa shape index (κ2) is 71.9. The molecule has 0 rings (SSSR count). The molecule has 0 spiro atoms. The van der Waals surface area contributed by atoms with Crippen LogP contribution in [0.1, 0.15) is 0 Å². The third-order valence-electron chi connectivity index (χ3n) is 31.0. The first-order valence-electron chi connectivity index (χ1n) is 48.1. The van der Waals surface area contributed by atoms with Crippen molar-refractivity contribution in [3.05, 3.63) is 0 Å². The van der Waals surface area contributed by atoms with Gasteiger partial charge in [-0.2, -0.15) is 0 Å². The fourth-order valence-electron chi connectivity index (χ4n) is 26.1. The molecule has 146 heavy (non-hydrogen) atoms. The molecule has 0 fully saturated rings. The van der Waals surface area contributed by atoms with Crippen LogP contribution in [-0.4, -0.2) is 1030 Å². The standard InChI is InChI=1S/B145P/c1-75(2)112(76(3)4)130(111(73)74)139(129(109(69)70)110(71)72)144(140(131(113(77(5)6)78(7)8)114(79(9)10)80(11)12)132(115(81(13)14)82(15)16)116(83(17)18)84(19)20)146(143(137(125(101(53)54)102(55)56)126(103(57)58)104(59)60)138(127(105(61)62)106(63)64)128(107(65)66)108(67)68)145(141(133(117(85(21)22)86(23)24)118(87(25)26)88(27)28)134(119(89(29)30)90(31)32)120(91(33)34)92(35)36)142(135(121(93(37)38)94(39)40)122(95(41)42)96(43)44)136(123(97(45)46)98(47)48)124(99(49)50)100(51)52. The van der Waals surface area contributed by atoms with Crippen LogP contribution in [0, 0.1) is 0 Å². The van der Waals surface area contributed by atoms with Crippen LogP contribution in [-0.2, 0) is 0 Å². The SMILES string of the molecule is [B]B([B])B(B([B])[B])B(B([B])[B])B(B(B([B])[B])B([B])[B])B(B(B(B(B([B])[B])B([B])[B])B(B([B])[B])B([B])[B])B(B(B([B])[B])B([B])[B])B(B([B])[B])B([B])[B])P(B(B(B(B([B])[B])B([B])[B])B(B([B])[B])B([B])[B])B(B(B([B])[B])B([B])[B])B(B([B])[B])B([B])[B])B(B(B(B(B([B])[B])B([B])[B])B(B([B])[B])B([B])[B])B(B(B([B])[B])B([B])[B])B(B([B])[B])B([B])[B])B(B(B(B([B])[B])B([B])[B])B(B([B])[B])B([B])[B])B(B(B([B])[B])B([B])[B])B(B([B])[B])B([B])[B]. The summed E-state index contributed by atoms with van der Waals surface area (Å²) >= 11 is 0. The summed E-state index contributed by atoms with van der Waals surface area (Å²) in [6.07, 6.45) is -165. The molecular weight excluding hydrogens is 1600 g/mol. The van der Waals surface area contributed by atoms with Gasteiger partial charge in [-0.1, -0.05) is 0 Å². The highest BCUT2D eigenvalue weighted by atomic mass is 31.1. The average Bonchev–Trinajstić information content (AvgIpc) is 0.693. The van der Waals surface area contributed by atoms with Crippen molar-refractivity contribution < 1.29 is 0 Å². The van der Waals surface area contributed by atoms with Gasteiger partial charge in [-0.3, -0.25) is 7.56 Å². The van der Waals surface area contributed by atoms with Gasteiger partial charge >= 0.3 is 0 Å². The van der Waals surface area contributed by atoms with Gasteiger partial charge in [0.1, 0.15) is 0 Å². The molecule has 0 heterocycles. The largest absolute Gasteiger partial charge is 0.253 e. The Bertz CT molecular complexity index is 2590. The summed E-state index contributed by atoms with van der Waals surface area (Å²) in [7, 11) is 557. The summed E-state index contributed by atoms with van der Waals surface area (Å²) in [5.41, 5.74) is 0. The van der Waals surface area contributed by atoms with Crippen molar-refractivity contribution in [3.63, 3.8) is 0 Å². The van der Waals surface area contributed by atoms with E-state index in [1.54, 1.807) is 0 Å². The molecule has 0 aliphatic heterocycles. The quantitative estimate of drug-likeness (QED) is 0.0421. The minimum Gasteiger partial charge on any atom is -0.253 e. The van der Waals surface area contributed by atoms with Crippen molar-refractivity contribution in [3.8, 4) is 0 Å². The van der Waals surface area contributed by atoms with E-state index in [-0.39, 0.29) is 0 Å². The van der Waals surface area contributed by atoms with E-state index in [1.165, 1.54) is 0 Å². The van der Waals surface area contributed by atoms with Crippen LogP contribution in [0.3, 0.4) is 0 Å². The van der Waals surface area contributed by atoms with Crippen molar-refractivity contribution >= 4 is 1030 Å². The van der Waals surface area contributed by atoms with Gasteiger partial charge < -0.3 is 0 Å². The molecule has 0 amide bonds. The smallest absolute Gasteiger partial charge is 0.0527 e. The van der Waals surface area contributed by atoms with Gasteiger partial charge in [0, 0.05) is 1010 Å². The van der Waals surface area contributed by atoms with Gasteiger partial charge in [0.05, 0.1) is 18.6 Å². The molecule has 0 aromatic carbocycles. The van der Waals surface area contributed by atoms with Gasteiger partial charge in [-0.15, -0.1) is 0 Å². The zero-order valence-electron chi connectivity index (χ0n) is 84.2. The Labute approximate surface area is 1020 Å². The van der Waals surface area contributed by atoms with E-state index in [0.717, 1.165) is 0 Å². The van der Waals surface area contributed by atoms with Crippen LogP contribution in [0.4, 0.5) is 0 Å². The fraction of sp³-hybridized carbons (Fsp3) is 0. The molecule has 0 aromatic heterocycles. The lowest BCUT2D eigenvalue weighted by molar-refractivity contribution is 3.16. The van der Waals surface area contributed by atoms with Crippen molar-refractivity contribution in [2.24, 2.45) is 0 Å². The molecule has 1 unspecified atom stereocenters. The molecule has 0 nitrogen and oxygen atoms in total. The van der Waals surface area contributed by atoms with E-state index in [1.807, 2.05) is 0 Å². The van der Waals surface area contributed by atoms with Crippen LogP contribution in [0.2, 0.25) is 0 Å². The Kier molecular flexibility index (Phi) is 76.7. The normalized spacial score (nSPS) is 10.1. The fourth-order valence-corrected chi connectivity index (χ4v) is 32.0. The van der Waals surface area contributed by atoms with Gasteiger partial charge in [0.15, 0.2) is 0 Å². The Morgan fingerprint density at radius 2 is 0.103 bits per heavy atom. The summed E-state index contributed by atoms with van der Waals surface area (Å²) in [6, 6.07) is 0. The first kappa shape index (κ1) is 156. The molecule has 1 atom stereocenters. The lowest BCUT2D eigenvalue weighted by atomic mass is 8.26. The van der Waals surface area contributed by atoms with Gasteiger partial charge in [0.25, 0.3) is 0 Å². The van der Waals surface area contributed by atoms with Crippen molar-refractivity contribution in [1.29, 1.82) is 0 Å². The average molecular weight is 1600 g/mol. The maximum Gasteiger partial charge on any atom is 0.0527 e. The van der Waals surface area contributed by atoms with Crippen LogP contribution in [0.15, 0.2) is 0 Å². The predicted molar refractivity (Wildman–Crippen MR) is 841 cm³/mol. The van der Waals surface area contributed by atoms with Gasteiger partial charge in [0.2, 0.25) is 0 Å². The second-order valence-corrected chi connectivity index (χ2v) is 43.9. The van der Waals surface area contributed by atoms with Crippen molar-refractivity contribution in [2.75, 3.05) is 0 Å². The van der Waals surface area contributed by atoms with Crippen LogP contribution >= 0.6 is 7.56 Å². The molecule has 0 aliphatic carbocycles. The summed E-state index contributed by atoms with van der Waals surface area (Å²) < 4.78 is 0. The molecule has 0 saturated carbocycles. The lowest BCUT2D eigenvalue weighted by Gasteiger charge is -2.67. The Morgan fingerprint density at radius 1 is 0.0548 bits per heavy atom. The van der Waals surface area contributed by atoms with E-state index in [2.05, 4.69) is 0 Å². The molecular formula is B145P. The minimum absolute atomic E-state index is 2.13. The van der Waals surface area contributed by atoms with Crippen molar-refractivity contribution in [1.82, 2.24) is 0 Å². The Morgan fingerprint density at radius 3 is 0.171 bits per heavy atom. The Balaban J connectivity index is 18.8. The molecule has 0 N–H and O–H groups in total. The molecule has 0 aliphatic rings. The van der Waals surface area contributed by atoms with Gasteiger partial charge in [-0.05, 0) is 0 Å². The van der Waals surface area contributed by atoms with E-state index in [4.69, 9.17) is 573 Å². The third-order valence-corrected chi connectivity index (χ3v) is 35.1. The molecule has 146 heteroatoms. The van der Waals surface area contributed by atoms with E-state index < -0.39 is 460 Å². The van der Waals surface area contributed by atoms with E-state index >= 15 is 0 Å². The summed E-state index contributed by atoms with van der Waals surface area (Å²) in [4.78, 5) is 0. The van der Waals surface area contributed by atoms with Crippen molar-refractivity contribution in [2.45, 2.75) is 0 Å². The first-order chi connectivity index (χ1) is 66.4. The zero-order chi connectivity index (χ0) is 116. The Hall–Kier alpha value is 9.85. The highest BCUT2D eigenvalue weighted by molar-refractivity contribution is 8.66. The molecule has 0 saturated heterocycles. The highest BCUT2D eigenvalue weighted by Gasteiger charge is 2.73. The predicted octanol–water partition coefficient (Wildman–Crippen LogP) is -54.4. The maximum absolute atomic E-state index is 7.88. The minimum atomic E-state index is -4.82. The number of hydrogen-bond acceptors (Lipinski definition) is 0. The first-order valence-corrected chi connectivity index (χ1v) is 49.7. The molecule has 148 radical (unpaired) electrons. The summed E-state index contributed by atoms with van der Waals surface area (Å²) in [6.45, 7) is 0. The summed E-state index contributed by atoms with van der Waals surface area (Å²) in [5.74, 6) is 0. The zero-order valence-corrected chi connectivity index (χ0v) is 85.1. The van der Waals surface area contributed by atoms with Gasteiger partial charge in [-0.25, -0.2) is 0 Å². The van der Waals surface area contributed by atoms with Crippen LogP contribution < -0.4 is 0 Å². The maximum atomic E-state index is 7.88. The van der Waals surface area contributed by atoms with E-state index in [0.29, 0.717) is 0 Å². The molecule has 0 bridgehead atoms. The monoisotopic (exact) mass is 1630 g/mol. The third kappa shape index (κ3) is 41.6. The molecule has 0 aromatic rings. The summed E-state index contributed by atoms with van der Waals surface area (Å²) in [5, 5.41) is 0. The number of hydrogen-bond donors (Lipinski definition) is 0.